The fraction of sp³-hybridized carbons (Fsp3) is 0.190. The fourth-order valence-electron chi connectivity index (χ4n) is 2.62. The van der Waals surface area contributed by atoms with Crippen LogP contribution in [0.1, 0.15) is 24.3 Å². The Morgan fingerprint density at radius 1 is 1.04 bits per heavy atom. The topological polar surface area (TPSA) is 99.5 Å². The molecule has 0 bridgehead atoms. The first-order valence-electron chi connectivity index (χ1n) is 8.48. The van der Waals surface area contributed by atoms with E-state index in [4.69, 9.17) is 5.11 Å². The number of pyridine rings is 1. The standard InChI is InChI=1S/C21H20N2O4/c1-21(2,20(26)27)12-23-19(25)18-17(24)10-16(11-22-18)15-8-7-13-5-3-4-6-14(13)9-15/h3-11,24H,12H2,1-2H3,(H,23,25)(H,26,27). The van der Waals surface area contributed by atoms with E-state index in [0.29, 0.717) is 5.56 Å². The first kappa shape index (κ1) is 18.4. The van der Waals surface area contributed by atoms with Gasteiger partial charge in [-0.25, -0.2) is 4.98 Å². The number of aromatic nitrogens is 1. The molecule has 3 N–H and O–H groups in total. The van der Waals surface area contributed by atoms with Crippen LogP contribution in [0.25, 0.3) is 21.9 Å². The lowest BCUT2D eigenvalue weighted by Gasteiger charge is -2.19. The fourth-order valence-corrected chi connectivity index (χ4v) is 2.62. The average Bonchev–Trinajstić information content (AvgIpc) is 2.65. The number of nitrogens with one attached hydrogen (secondary N) is 1. The van der Waals surface area contributed by atoms with Crippen molar-refractivity contribution in [1.29, 1.82) is 0 Å². The van der Waals surface area contributed by atoms with Crippen LogP contribution in [0, 0.1) is 5.41 Å². The second-order valence-electron chi connectivity index (χ2n) is 7.03. The second kappa shape index (κ2) is 7.07. The molecule has 6 heteroatoms. The summed E-state index contributed by atoms with van der Waals surface area (Å²) in [6, 6.07) is 15.3. The molecule has 1 aromatic heterocycles. The van der Waals surface area contributed by atoms with Gasteiger partial charge < -0.3 is 15.5 Å². The van der Waals surface area contributed by atoms with Gasteiger partial charge in [-0.2, -0.15) is 0 Å². The summed E-state index contributed by atoms with van der Waals surface area (Å²) < 4.78 is 0. The van der Waals surface area contributed by atoms with Crippen LogP contribution in [0.3, 0.4) is 0 Å². The van der Waals surface area contributed by atoms with Crippen LogP contribution >= 0.6 is 0 Å². The molecule has 1 heterocycles. The van der Waals surface area contributed by atoms with Crippen molar-refractivity contribution in [3.8, 4) is 16.9 Å². The summed E-state index contributed by atoms with van der Waals surface area (Å²) in [6.07, 6.45) is 1.51. The van der Waals surface area contributed by atoms with Gasteiger partial charge in [0.2, 0.25) is 0 Å². The first-order valence-corrected chi connectivity index (χ1v) is 8.48. The van der Waals surface area contributed by atoms with Crippen LogP contribution in [0.4, 0.5) is 0 Å². The lowest BCUT2D eigenvalue weighted by molar-refractivity contribution is -0.146. The number of benzene rings is 2. The molecular formula is C21H20N2O4. The smallest absolute Gasteiger partial charge is 0.310 e. The molecule has 0 aliphatic carbocycles. The number of carboxylic acid groups (broad SMARTS) is 1. The van der Waals surface area contributed by atoms with Crippen molar-refractivity contribution in [3.63, 3.8) is 0 Å². The number of aromatic hydroxyl groups is 1. The third-order valence-electron chi connectivity index (χ3n) is 4.44. The summed E-state index contributed by atoms with van der Waals surface area (Å²) in [7, 11) is 0. The van der Waals surface area contributed by atoms with Crippen molar-refractivity contribution in [1.82, 2.24) is 10.3 Å². The minimum absolute atomic E-state index is 0.0747. The van der Waals surface area contributed by atoms with E-state index < -0.39 is 17.3 Å². The van der Waals surface area contributed by atoms with E-state index in [1.54, 1.807) is 0 Å². The Labute approximate surface area is 156 Å². The van der Waals surface area contributed by atoms with Gasteiger partial charge in [0.1, 0.15) is 5.75 Å². The maximum atomic E-state index is 12.2. The van der Waals surface area contributed by atoms with Crippen molar-refractivity contribution in [3.05, 3.63) is 60.4 Å². The summed E-state index contributed by atoms with van der Waals surface area (Å²) in [5, 5.41) is 24.0. The normalized spacial score (nSPS) is 11.3. The highest BCUT2D eigenvalue weighted by atomic mass is 16.4. The number of carbonyl (C=O) groups excluding carboxylic acids is 1. The van der Waals surface area contributed by atoms with E-state index in [0.717, 1.165) is 16.3 Å². The Kier molecular flexibility index (Phi) is 4.81. The number of hydrogen-bond acceptors (Lipinski definition) is 4. The zero-order chi connectivity index (χ0) is 19.6. The predicted molar refractivity (Wildman–Crippen MR) is 103 cm³/mol. The highest BCUT2D eigenvalue weighted by Crippen LogP contribution is 2.27. The SMILES string of the molecule is CC(C)(CNC(=O)c1ncc(-c2ccc3ccccc3c2)cc1O)C(=O)O. The Morgan fingerprint density at radius 2 is 1.74 bits per heavy atom. The molecule has 3 aromatic rings. The molecule has 0 spiro atoms. The number of amides is 1. The maximum absolute atomic E-state index is 12.2. The van der Waals surface area contributed by atoms with E-state index in [2.05, 4.69) is 10.3 Å². The largest absolute Gasteiger partial charge is 0.505 e. The van der Waals surface area contributed by atoms with E-state index in [-0.39, 0.29) is 18.0 Å². The number of carbonyl (C=O) groups is 2. The van der Waals surface area contributed by atoms with Crippen molar-refractivity contribution in [2.75, 3.05) is 6.54 Å². The zero-order valence-electron chi connectivity index (χ0n) is 15.1. The van der Waals surface area contributed by atoms with Crippen LogP contribution in [0.5, 0.6) is 5.75 Å². The zero-order valence-corrected chi connectivity index (χ0v) is 15.1. The molecule has 0 radical (unpaired) electrons. The number of fused-ring (bicyclic) bond motifs is 1. The molecule has 138 valence electrons. The average molecular weight is 364 g/mol. The number of aliphatic carboxylic acids is 1. The van der Waals surface area contributed by atoms with Gasteiger partial charge in [-0.3, -0.25) is 9.59 Å². The molecule has 1 amide bonds. The molecule has 0 aliphatic rings. The lowest BCUT2D eigenvalue weighted by Crippen LogP contribution is -2.39. The molecule has 0 unspecified atom stereocenters. The molecule has 3 rings (SSSR count). The van der Waals surface area contributed by atoms with Crippen molar-refractivity contribution < 1.29 is 19.8 Å². The molecule has 2 aromatic carbocycles. The van der Waals surface area contributed by atoms with Gasteiger partial charge in [0.25, 0.3) is 5.91 Å². The Hall–Kier alpha value is -3.41. The van der Waals surface area contributed by atoms with E-state index in [9.17, 15) is 14.7 Å². The molecule has 0 saturated carbocycles. The van der Waals surface area contributed by atoms with Crippen LogP contribution in [0.15, 0.2) is 54.7 Å². The molecule has 0 atom stereocenters. The van der Waals surface area contributed by atoms with Crippen molar-refractivity contribution >= 4 is 22.6 Å². The molecule has 0 fully saturated rings. The van der Waals surface area contributed by atoms with Crippen LogP contribution in [-0.4, -0.2) is 33.6 Å². The van der Waals surface area contributed by atoms with E-state index in [1.807, 2.05) is 42.5 Å². The Morgan fingerprint density at radius 3 is 2.41 bits per heavy atom. The minimum atomic E-state index is -1.11. The monoisotopic (exact) mass is 364 g/mol. The molecular weight excluding hydrogens is 344 g/mol. The van der Waals surface area contributed by atoms with Crippen LogP contribution in [-0.2, 0) is 4.79 Å². The van der Waals surface area contributed by atoms with Gasteiger partial charge in [-0.15, -0.1) is 0 Å². The first-order chi connectivity index (χ1) is 12.8. The number of rotatable bonds is 5. The maximum Gasteiger partial charge on any atom is 0.310 e. The van der Waals surface area contributed by atoms with E-state index in [1.165, 1.54) is 26.1 Å². The van der Waals surface area contributed by atoms with Gasteiger partial charge in [-0.05, 0) is 42.3 Å². The van der Waals surface area contributed by atoms with Crippen LogP contribution in [0.2, 0.25) is 0 Å². The number of hydrogen-bond donors (Lipinski definition) is 3. The number of carboxylic acids is 1. The third-order valence-corrected chi connectivity index (χ3v) is 4.44. The Bertz CT molecular complexity index is 1030. The Balaban J connectivity index is 1.82. The van der Waals surface area contributed by atoms with Crippen molar-refractivity contribution in [2.45, 2.75) is 13.8 Å². The number of nitrogens with zero attached hydrogens (tertiary/aromatic N) is 1. The second-order valence-corrected chi connectivity index (χ2v) is 7.03. The summed E-state index contributed by atoms with van der Waals surface area (Å²) >= 11 is 0. The summed E-state index contributed by atoms with van der Waals surface area (Å²) in [4.78, 5) is 27.4. The minimum Gasteiger partial charge on any atom is -0.505 e. The summed E-state index contributed by atoms with van der Waals surface area (Å²) in [6.45, 7) is 2.94. The third kappa shape index (κ3) is 3.89. The lowest BCUT2D eigenvalue weighted by atomic mass is 9.94. The van der Waals surface area contributed by atoms with Gasteiger partial charge >= 0.3 is 5.97 Å². The molecule has 0 saturated heterocycles. The highest BCUT2D eigenvalue weighted by Gasteiger charge is 2.28. The van der Waals surface area contributed by atoms with E-state index >= 15 is 0 Å². The van der Waals surface area contributed by atoms with Gasteiger partial charge in [0.05, 0.1) is 5.41 Å². The highest BCUT2D eigenvalue weighted by molar-refractivity contribution is 5.96. The quantitative estimate of drug-likeness (QED) is 0.644. The summed E-state index contributed by atoms with van der Waals surface area (Å²) in [5.74, 6) is -1.90. The van der Waals surface area contributed by atoms with Crippen LogP contribution < -0.4 is 5.32 Å². The van der Waals surface area contributed by atoms with Gasteiger partial charge in [0.15, 0.2) is 5.69 Å². The molecule has 6 nitrogen and oxygen atoms in total. The molecule has 27 heavy (non-hydrogen) atoms. The van der Waals surface area contributed by atoms with Gasteiger partial charge in [-0.1, -0.05) is 36.4 Å². The van der Waals surface area contributed by atoms with Crippen molar-refractivity contribution in [2.24, 2.45) is 5.41 Å². The predicted octanol–water partition coefficient (Wildman–Crippen LogP) is 3.45. The summed E-state index contributed by atoms with van der Waals surface area (Å²) in [5.41, 5.74) is 0.299. The van der Waals surface area contributed by atoms with Gasteiger partial charge in [0, 0.05) is 18.3 Å². The molecule has 0 aliphatic heterocycles.